The standard InChI is InChI=1S/C22H39N3O5/c1-21(2,14-30-19-7-5-6-12-29-19)17(23)13-18(27)24-20(28)22(3,4)25-15-8-10-16(26)11-9-15/h13,15-16,19,23,25-27H,5-12,14H2,1-4H3,(H,24,28)/b18-13-,23-17?/t15-,16+,19?. The highest BCUT2D eigenvalue weighted by Gasteiger charge is 2.33. The van der Waals surface area contributed by atoms with Crippen LogP contribution < -0.4 is 10.6 Å². The third-order valence-corrected chi connectivity index (χ3v) is 5.85. The van der Waals surface area contributed by atoms with E-state index in [2.05, 4.69) is 10.6 Å². The molecule has 2 aliphatic rings. The molecular weight excluding hydrogens is 386 g/mol. The molecule has 1 saturated heterocycles. The predicted molar refractivity (Wildman–Crippen MR) is 115 cm³/mol. The van der Waals surface area contributed by atoms with Crippen molar-refractivity contribution in [2.75, 3.05) is 13.2 Å². The van der Waals surface area contributed by atoms with Crippen LogP contribution in [0.3, 0.4) is 0 Å². The Morgan fingerprint density at radius 2 is 1.83 bits per heavy atom. The van der Waals surface area contributed by atoms with Gasteiger partial charge in [-0.3, -0.25) is 10.1 Å². The minimum absolute atomic E-state index is 0.150. The second kappa shape index (κ2) is 10.7. The van der Waals surface area contributed by atoms with Gasteiger partial charge in [0.15, 0.2) is 12.2 Å². The second-order valence-electron chi connectivity index (χ2n) is 9.66. The number of allylic oxidation sites excluding steroid dienone is 1. The Hall–Kier alpha value is -1.48. The average Bonchev–Trinajstić information content (AvgIpc) is 2.68. The highest BCUT2D eigenvalue weighted by atomic mass is 16.7. The maximum absolute atomic E-state index is 12.6. The molecule has 0 aromatic rings. The van der Waals surface area contributed by atoms with Crippen LogP contribution in [-0.2, 0) is 14.3 Å². The Morgan fingerprint density at radius 1 is 1.17 bits per heavy atom. The topological polar surface area (TPSA) is 124 Å². The van der Waals surface area contributed by atoms with Crippen molar-refractivity contribution in [3.05, 3.63) is 12.0 Å². The molecule has 0 spiro atoms. The Balaban J connectivity index is 1.85. The minimum atomic E-state index is -0.895. The first-order chi connectivity index (χ1) is 14.0. The monoisotopic (exact) mass is 425 g/mol. The maximum atomic E-state index is 12.6. The summed E-state index contributed by atoms with van der Waals surface area (Å²) in [5.74, 6) is -0.735. The highest BCUT2D eigenvalue weighted by molar-refractivity contribution is 5.98. The van der Waals surface area contributed by atoms with Crippen LogP contribution in [0.1, 0.15) is 72.6 Å². The molecule has 1 aliphatic heterocycles. The van der Waals surface area contributed by atoms with Crippen LogP contribution >= 0.6 is 0 Å². The fourth-order valence-corrected chi connectivity index (χ4v) is 3.66. The number of amides is 1. The lowest BCUT2D eigenvalue weighted by molar-refractivity contribution is -0.171. The van der Waals surface area contributed by atoms with Crippen molar-refractivity contribution < 1.29 is 24.5 Å². The number of aliphatic hydroxyl groups excluding tert-OH is 2. The Bertz CT molecular complexity index is 618. The molecule has 8 heteroatoms. The third-order valence-electron chi connectivity index (χ3n) is 5.85. The molecule has 1 heterocycles. The summed E-state index contributed by atoms with van der Waals surface area (Å²) in [5.41, 5.74) is -1.38. The van der Waals surface area contributed by atoms with E-state index in [0.29, 0.717) is 6.61 Å². The summed E-state index contributed by atoms with van der Waals surface area (Å²) >= 11 is 0. The molecule has 8 nitrogen and oxygen atoms in total. The van der Waals surface area contributed by atoms with E-state index in [1.807, 2.05) is 13.8 Å². The lowest BCUT2D eigenvalue weighted by Crippen LogP contribution is -2.56. The van der Waals surface area contributed by atoms with Crippen molar-refractivity contribution in [3.8, 4) is 0 Å². The number of rotatable bonds is 9. The SMILES string of the molecule is CC(C)(COC1CCCCO1)C(=N)/C=C(\O)NC(=O)C(C)(C)N[C@H]1CC[C@@H](O)CC1. The molecule has 5 N–H and O–H groups in total. The first-order valence-electron chi connectivity index (χ1n) is 11.0. The van der Waals surface area contributed by atoms with Crippen LogP contribution in [0, 0.1) is 10.8 Å². The fraction of sp³-hybridized carbons (Fsp3) is 0.818. The zero-order chi connectivity index (χ0) is 22.4. The summed E-state index contributed by atoms with van der Waals surface area (Å²) in [7, 11) is 0. The number of ether oxygens (including phenoxy) is 2. The van der Waals surface area contributed by atoms with E-state index in [0.717, 1.165) is 44.9 Å². The van der Waals surface area contributed by atoms with E-state index >= 15 is 0 Å². The number of aliphatic hydroxyl groups is 2. The number of carbonyl (C=O) groups excluding carboxylic acids is 1. The Kier molecular flexibility index (Phi) is 8.85. The van der Waals surface area contributed by atoms with Crippen molar-refractivity contribution >= 4 is 11.6 Å². The van der Waals surface area contributed by atoms with Crippen LogP contribution in [0.15, 0.2) is 12.0 Å². The van der Waals surface area contributed by atoms with Crippen LogP contribution in [0.5, 0.6) is 0 Å². The predicted octanol–water partition coefficient (Wildman–Crippen LogP) is 2.76. The molecule has 2 rings (SSSR count). The normalized spacial score (nSPS) is 26.3. The molecule has 0 aromatic carbocycles. The van der Waals surface area contributed by atoms with Gasteiger partial charge in [0.1, 0.15) is 0 Å². The van der Waals surface area contributed by atoms with Gasteiger partial charge in [-0.1, -0.05) is 13.8 Å². The van der Waals surface area contributed by atoms with Crippen LogP contribution in [-0.4, -0.2) is 59.0 Å². The maximum Gasteiger partial charge on any atom is 0.246 e. The van der Waals surface area contributed by atoms with Gasteiger partial charge in [-0.2, -0.15) is 0 Å². The van der Waals surface area contributed by atoms with Crippen molar-refractivity contribution in [2.24, 2.45) is 5.41 Å². The number of hydrogen-bond donors (Lipinski definition) is 5. The van der Waals surface area contributed by atoms with Crippen molar-refractivity contribution in [3.63, 3.8) is 0 Å². The number of nitrogens with one attached hydrogen (secondary N) is 3. The van der Waals surface area contributed by atoms with Gasteiger partial charge >= 0.3 is 0 Å². The molecule has 1 atom stereocenters. The van der Waals surface area contributed by atoms with Gasteiger partial charge in [0.25, 0.3) is 0 Å². The van der Waals surface area contributed by atoms with Crippen molar-refractivity contribution in [1.29, 1.82) is 5.41 Å². The van der Waals surface area contributed by atoms with Gasteiger partial charge in [-0.05, 0) is 58.8 Å². The van der Waals surface area contributed by atoms with Gasteiger partial charge in [0.2, 0.25) is 5.91 Å². The summed E-state index contributed by atoms with van der Waals surface area (Å²) in [6.45, 7) is 8.21. The van der Waals surface area contributed by atoms with E-state index in [9.17, 15) is 15.0 Å². The van der Waals surface area contributed by atoms with Crippen LogP contribution in [0.4, 0.5) is 0 Å². The van der Waals surface area contributed by atoms with E-state index in [-0.39, 0.29) is 42.5 Å². The molecule has 0 bridgehead atoms. The Labute approximate surface area is 179 Å². The highest BCUT2D eigenvalue weighted by Crippen LogP contribution is 2.23. The summed E-state index contributed by atoms with van der Waals surface area (Å²) < 4.78 is 11.3. The summed E-state index contributed by atoms with van der Waals surface area (Å²) in [6, 6.07) is 0.150. The van der Waals surface area contributed by atoms with E-state index in [1.54, 1.807) is 13.8 Å². The summed E-state index contributed by atoms with van der Waals surface area (Å²) in [5, 5.41) is 34.0. The summed E-state index contributed by atoms with van der Waals surface area (Å²) in [6.07, 6.45) is 6.79. The van der Waals surface area contributed by atoms with Gasteiger partial charge in [-0.15, -0.1) is 0 Å². The van der Waals surface area contributed by atoms with Gasteiger partial charge in [-0.25, -0.2) is 0 Å². The van der Waals surface area contributed by atoms with E-state index in [1.165, 1.54) is 6.08 Å². The van der Waals surface area contributed by atoms with Gasteiger partial charge < -0.3 is 30.4 Å². The second-order valence-corrected chi connectivity index (χ2v) is 9.66. The number of carbonyl (C=O) groups is 1. The zero-order valence-electron chi connectivity index (χ0n) is 18.8. The zero-order valence-corrected chi connectivity index (χ0v) is 18.8. The Morgan fingerprint density at radius 3 is 2.43 bits per heavy atom. The van der Waals surface area contributed by atoms with Crippen LogP contribution in [0.25, 0.3) is 0 Å². The molecule has 1 aliphatic carbocycles. The molecule has 172 valence electrons. The van der Waals surface area contributed by atoms with Gasteiger partial charge in [0, 0.05) is 29.9 Å². The third kappa shape index (κ3) is 7.65. The molecular formula is C22H39N3O5. The first-order valence-corrected chi connectivity index (χ1v) is 11.0. The average molecular weight is 426 g/mol. The number of hydrogen-bond acceptors (Lipinski definition) is 7. The minimum Gasteiger partial charge on any atom is -0.494 e. The largest absolute Gasteiger partial charge is 0.494 e. The molecule has 2 fully saturated rings. The molecule has 0 radical (unpaired) electrons. The molecule has 1 unspecified atom stereocenters. The smallest absolute Gasteiger partial charge is 0.246 e. The van der Waals surface area contributed by atoms with Gasteiger partial charge in [0.05, 0.1) is 18.2 Å². The first kappa shape index (κ1) is 24.8. The molecule has 1 saturated carbocycles. The van der Waals surface area contributed by atoms with E-state index in [4.69, 9.17) is 14.9 Å². The lowest BCUT2D eigenvalue weighted by Gasteiger charge is -2.34. The molecule has 0 aromatic heterocycles. The summed E-state index contributed by atoms with van der Waals surface area (Å²) in [4.78, 5) is 12.6. The quantitative estimate of drug-likeness (QED) is 0.286. The van der Waals surface area contributed by atoms with Crippen LogP contribution in [0.2, 0.25) is 0 Å². The lowest BCUT2D eigenvalue weighted by atomic mass is 9.88. The van der Waals surface area contributed by atoms with Crippen molar-refractivity contribution in [1.82, 2.24) is 10.6 Å². The molecule has 1 amide bonds. The fourth-order valence-electron chi connectivity index (χ4n) is 3.66. The van der Waals surface area contributed by atoms with E-state index < -0.39 is 11.0 Å². The molecule has 30 heavy (non-hydrogen) atoms. The van der Waals surface area contributed by atoms with Crippen molar-refractivity contribution in [2.45, 2.75) is 96.6 Å².